The Balaban J connectivity index is 1.64. The highest BCUT2D eigenvalue weighted by Crippen LogP contribution is 2.19. The van der Waals surface area contributed by atoms with E-state index in [1.54, 1.807) is 0 Å². The molecule has 2 aliphatic heterocycles. The van der Waals surface area contributed by atoms with Crippen LogP contribution in [-0.2, 0) is 14.2 Å². The van der Waals surface area contributed by atoms with E-state index in [-0.39, 0.29) is 6.10 Å². The third-order valence-electron chi connectivity index (χ3n) is 3.08. The molecule has 4 heteroatoms. The molecule has 0 amide bonds. The van der Waals surface area contributed by atoms with Crippen molar-refractivity contribution in [3.8, 4) is 0 Å². The summed E-state index contributed by atoms with van der Waals surface area (Å²) in [5.74, 6) is 0. The molecule has 3 atom stereocenters. The molecule has 0 aromatic carbocycles. The molecule has 3 unspecified atom stereocenters. The molecular weight excluding hydrogens is 196 g/mol. The molecule has 2 fully saturated rings. The van der Waals surface area contributed by atoms with Crippen LogP contribution in [-0.4, -0.2) is 49.8 Å². The highest BCUT2D eigenvalue weighted by atomic mass is 16.6. The second kappa shape index (κ2) is 5.80. The lowest BCUT2D eigenvalue weighted by molar-refractivity contribution is -0.134. The predicted molar refractivity (Wildman–Crippen MR) is 54.8 cm³/mol. The lowest BCUT2D eigenvalue weighted by Gasteiger charge is -2.27. The Labute approximate surface area is 90.5 Å². The molecule has 0 aromatic heterocycles. The van der Waals surface area contributed by atoms with Crippen molar-refractivity contribution in [3.05, 3.63) is 0 Å². The number of aliphatic hydroxyl groups is 1. The molecule has 2 saturated heterocycles. The van der Waals surface area contributed by atoms with Gasteiger partial charge in [0, 0.05) is 6.61 Å². The third kappa shape index (κ3) is 3.41. The molecule has 0 radical (unpaired) electrons. The Hall–Kier alpha value is -0.160. The van der Waals surface area contributed by atoms with Crippen molar-refractivity contribution in [1.29, 1.82) is 0 Å². The SMILES string of the molecule is OC(CCC1CCCO1)C1COCCO1. The van der Waals surface area contributed by atoms with Crippen molar-refractivity contribution < 1.29 is 19.3 Å². The highest BCUT2D eigenvalue weighted by molar-refractivity contribution is 4.74. The van der Waals surface area contributed by atoms with E-state index in [1.165, 1.54) is 0 Å². The average molecular weight is 216 g/mol. The standard InChI is InChI=1S/C11H20O4/c12-10(11-8-13-6-7-15-11)4-3-9-2-1-5-14-9/h9-12H,1-8H2. The Bertz CT molecular complexity index is 173. The summed E-state index contributed by atoms with van der Waals surface area (Å²) < 4.78 is 16.2. The molecule has 2 rings (SSSR count). The molecule has 88 valence electrons. The van der Waals surface area contributed by atoms with Crippen LogP contribution in [0, 0.1) is 0 Å². The number of aliphatic hydroxyl groups excluding tert-OH is 1. The van der Waals surface area contributed by atoms with E-state index in [1.807, 2.05) is 0 Å². The minimum Gasteiger partial charge on any atom is -0.390 e. The van der Waals surface area contributed by atoms with Gasteiger partial charge in [-0.3, -0.25) is 0 Å². The van der Waals surface area contributed by atoms with Crippen molar-refractivity contribution >= 4 is 0 Å². The van der Waals surface area contributed by atoms with Crippen LogP contribution in [0.1, 0.15) is 25.7 Å². The molecule has 0 bridgehead atoms. The van der Waals surface area contributed by atoms with Gasteiger partial charge in [0.15, 0.2) is 0 Å². The molecule has 0 aromatic rings. The first-order valence-electron chi connectivity index (χ1n) is 5.85. The van der Waals surface area contributed by atoms with Gasteiger partial charge in [-0.25, -0.2) is 0 Å². The number of hydrogen-bond donors (Lipinski definition) is 1. The van der Waals surface area contributed by atoms with Gasteiger partial charge >= 0.3 is 0 Å². The Morgan fingerprint density at radius 2 is 2.13 bits per heavy atom. The van der Waals surface area contributed by atoms with Gasteiger partial charge in [-0.15, -0.1) is 0 Å². The van der Waals surface area contributed by atoms with Crippen molar-refractivity contribution in [2.24, 2.45) is 0 Å². The molecule has 0 saturated carbocycles. The first-order valence-corrected chi connectivity index (χ1v) is 5.85. The zero-order valence-corrected chi connectivity index (χ0v) is 9.06. The first kappa shape index (κ1) is 11.3. The second-order valence-corrected chi connectivity index (χ2v) is 4.26. The molecular formula is C11H20O4. The minimum atomic E-state index is -0.408. The van der Waals surface area contributed by atoms with E-state index in [2.05, 4.69) is 0 Å². The molecule has 2 aliphatic rings. The second-order valence-electron chi connectivity index (χ2n) is 4.26. The maximum Gasteiger partial charge on any atom is 0.107 e. The van der Waals surface area contributed by atoms with Crippen LogP contribution in [0.4, 0.5) is 0 Å². The van der Waals surface area contributed by atoms with E-state index < -0.39 is 6.10 Å². The summed E-state index contributed by atoms with van der Waals surface area (Å²) in [6, 6.07) is 0. The summed E-state index contributed by atoms with van der Waals surface area (Å²) in [6.45, 7) is 2.65. The normalized spacial score (nSPS) is 34.2. The summed E-state index contributed by atoms with van der Waals surface area (Å²) in [7, 11) is 0. The van der Waals surface area contributed by atoms with Gasteiger partial charge in [-0.2, -0.15) is 0 Å². The van der Waals surface area contributed by atoms with Gasteiger partial charge in [0.05, 0.1) is 32.0 Å². The lowest BCUT2D eigenvalue weighted by atomic mass is 10.0. The molecule has 0 spiro atoms. The van der Waals surface area contributed by atoms with Crippen LogP contribution >= 0.6 is 0 Å². The summed E-state index contributed by atoms with van der Waals surface area (Å²) >= 11 is 0. The Kier molecular flexibility index (Phi) is 4.38. The zero-order chi connectivity index (χ0) is 10.5. The fraction of sp³-hybridized carbons (Fsp3) is 1.00. The van der Waals surface area contributed by atoms with E-state index >= 15 is 0 Å². The van der Waals surface area contributed by atoms with Crippen LogP contribution in [0.2, 0.25) is 0 Å². The number of ether oxygens (including phenoxy) is 3. The molecule has 4 nitrogen and oxygen atoms in total. The first-order chi connectivity index (χ1) is 7.36. The lowest BCUT2D eigenvalue weighted by Crippen LogP contribution is -2.38. The fourth-order valence-electron chi connectivity index (χ4n) is 2.14. The summed E-state index contributed by atoms with van der Waals surface area (Å²) in [5.41, 5.74) is 0. The topological polar surface area (TPSA) is 47.9 Å². The van der Waals surface area contributed by atoms with Crippen LogP contribution in [0.25, 0.3) is 0 Å². The molecule has 1 N–H and O–H groups in total. The molecule has 2 heterocycles. The highest BCUT2D eigenvalue weighted by Gasteiger charge is 2.25. The molecule has 15 heavy (non-hydrogen) atoms. The Morgan fingerprint density at radius 1 is 1.20 bits per heavy atom. The zero-order valence-electron chi connectivity index (χ0n) is 9.06. The van der Waals surface area contributed by atoms with Crippen LogP contribution in [0.5, 0.6) is 0 Å². The van der Waals surface area contributed by atoms with Crippen molar-refractivity contribution in [1.82, 2.24) is 0 Å². The van der Waals surface area contributed by atoms with Gasteiger partial charge < -0.3 is 19.3 Å². The van der Waals surface area contributed by atoms with Crippen LogP contribution in [0.15, 0.2) is 0 Å². The van der Waals surface area contributed by atoms with E-state index in [0.717, 1.165) is 32.3 Å². The van der Waals surface area contributed by atoms with Gasteiger partial charge in [-0.05, 0) is 25.7 Å². The third-order valence-corrected chi connectivity index (χ3v) is 3.08. The summed E-state index contributed by atoms with van der Waals surface area (Å²) in [6.07, 6.45) is 3.77. The summed E-state index contributed by atoms with van der Waals surface area (Å²) in [5, 5.41) is 9.87. The van der Waals surface area contributed by atoms with Gasteiger partial charge in [-0.1, -0.05) is 0 Å². The van der Waals surface area contributed by atoms with Crippen molar-refractivity contribution in [2.45, 2.75) is 44.0 Å². The summed E-state index contributed by atoms with van der Waals surface area (Å²) in [4.78, 5) is 0. The fourth-order valence-corrected chi connectivity index (χ4v) is 2.14. The van der Waals surface area contributed by atoms with E-state index in [4.69, 9.17) is 14.2 Å². The van der Waals surface area contributed by atoms with Crippen molar-refractivity contribution in [2.75, 3.05) is 26.4 Å². The van der Waals surface area contributed by atoms with Gasteiger partial charge in [0.1, 0.15) is 6.10 Å². The minimum absolute atomic E-state index is 0.139. The van der Waals surface area contributed by atoms with Crippen LogP contribution in [0.3, 0.4) is 0 Å². The van der Waals surface area contributed by atoms with Crippen LogP contribution < -0.4 is 0 Å². The van der Waals surface area contributed by atoms with Gasteiger partial charge in [0.25, 0.3) is 0 Å². The number of rotatable bonds is 4. The largest absolute Gasteiger partial charge is 0.390 e. The quantitative estimate of drug-likeness (QED) is 0.752. The average Bonchev–Trinajstić information content (AvgIpc) is 2.80. The Morgan fingerprint density at radius 3 is 2.80 bits per heavy atom. The van der Waals surface area contributed by atoms with E-state index in [9.17, 15) is 5.11 Å². The van der Waals surface area contributed by atoms with Crippen molar-refractivity contribution in [3.63, 3.8) is 0 Å². The monoisotopic (exact) mass is 216 g/mol. The molecule has 0 aliphatic carbocycles. The maximum absolute atomic E-state index is 9.87. The maximum atomic E-state index is 9.87. The van der Waals surface area contributed by atoms with Gasteiger partial charge in [0.2, 0.25) is 0 Å². The smallest absolute Gasteiger partial charge is 0.107 e. The van der Waals surface area contributed by atoms with E-state index in [0.29, 0.717) is 25.9 Å². The number of hydrogen-bond acceptors (Lipinski definition) is 4. The predicted octanol–water partition coefficient (Wildman–Crippen LogP) is 0.722.